The second-order valence-corrected chi connectivity index (χ2v) is 9.22. The first-order valence-corrected chi connectivity index (χ1v) is 11.9. The Labute approximate surface area is 187 Å². The lowest BCUT2D eigenvalue weighted by atomic mass is 9.85. The summed E-state index contributed by atoms with van der Waals surface area (Å²) in [6.07, 6.45) is 6.96. The molecule has 1 aliphatic carbocycles. The minimum absolute atomic E-state index is 0.0331. The highest BCUT2D eigenvalue weighted by atomic mass is 16.5. The summed E-state index contributed by atoms with van der Waals surface area (Å²) in [4.78, 5) is 29.9. The lowest BCUT2D eigenvalue weighted by molar-refractivity contribution is -0.138. The van der Waals surface area contributed by atoms with E-state index in [1.54, 1.807) is 0 Å². The van der Waals surface area contributed by atoms with Crippen LogP contribution in [0.5, 0.6) is 0 Å². The van der Waals surface area contributed by atoms with Crippen molar-refractivity contribution in [2.75, 3.05) is 37.5 Å². The molecule has 0 aromatic heterocycles. The quantitative estimate of drug-likeness (QED) is 0.597. The van der Waals surface area contributed by atoms with E-state index in [4.69, 9.17) is 4.74 Å². The number of carbonyl (C=O) groups excluding carboxylic acids is 2. The summed E-state index contributed by atoms with van der Waals surface area (Å²) >= 11 is 0. The smallest absolute Gasteiger partial charge is 0.227 e. The fraction of sp³-hybridized carbons (Fsp3) is 0.680. The van der Waals surface area contributed by atoms with Gasteiger partial charge in [-0.1, -0.05) is 20.3 Å². The van der Waals surface area contributed by atoms with E-state index in [2.05, 4.69) is 24.1 Å². The van der Waals surface area contributed by atoms with E-state index in [1.165, 1.54) is 0 Å². The van der Waals surface area contributed by atoms with Crippen LogP contribution in [-0.2, 0) is 20.9 Å². The topological polar surface area (TPSA) is 61.9 Å². The third kappa shape index (κ3) is 6.00. The molecule has 2 amide bonds. The Morgan fingerprint density at radius 2 is 1.87 bits per heavy atom. The van der Waals surface area contributed by atoms with Gasteiger partial charge < -0.3 is 19.9 Å². The van der Waals surface area contributed by atoms with Crippen LogP contribution in [0.25, 0.3) is 0 Å². The highest BCUT2D eigenvalue weighted by Gasteiger charge is 2.28. The van der Waals surface area contributed by atoms with Crippen LogP contribution < -0.4 is 10.2 Å². The van der Waals surface area contributed by atoms with Crippen LogP contribution >= 0.6 is 0 Å². The van der Waals surface area contributed by atoms with Crippen molar-refractivity contribution in [2.24, 2.45) is 11.8 Å². The normalized spacial score (nSPS) is 18.7. The minimum Gasteiger partial charge on any atom is -0.377 e. The van der Waals surface area contributed by atoms with Crippen molar-refractivity contribution in [3.63, 3.8) is 0 Å². The molecule has 0 radical (unpaired) electrons. The Morgan fingerprint density at radius 3 is 2.42 bits per heavy atom. The van der Waals surface area contributed by atoms with Gasteiger partial charge in [0.15, 0.2) is 0 Å². The van der Waals surface area contributed by atoms with Gasteiger partial charge in [0.2, 0.25) is 11.8 Å². The van der Waals surface area contributed by atoms with Crippen molar-refractivity contribution < 1.29 is 14.3 Å². The van der Waals surface area contributed by atoms with Crippen LogP contribution in [0.15, 0.2) is 18.2 Å². The highest BCUT2D eigenvalue weighted by molar-refractivity contribution is 5.93. The summed E-state index contributed by atoms with van der Waals surface area (Å²) in [5.41, 5.74) is 2.93. The summed E-state index contributed by atoms with van der Waals surface area (Å²) in [5, 5.41) is 3.09. The van der Waals surface area contributed by atoms with Crippen LogP contribution in [0.3, 0.4) is 0 Å². The number of amides is 2. The Morgan fingerprint density at radius 1 is 1.13 bits per heavy atom. The number of nitrogens with one attached hydrogen (secondary N) is 1. The van der Waals surface area contributed by atoms with Crippen molar-refractivity contribution in [3.05, 3.63) is 23.8 Å². The van der Waals surface area contributed by atoms with E-state index < -0.39 is 0 Å². The first-order chi connectivity index (χ1) is 14.9. The Hall–Kier alpha value is -2.08. The Kier molecular flexibility index (Phi) is 8.35. The number of hydrogen-bond donors (Lipinski definition) is 1. The molecule has 1 saturated carbocycles. The van der Waals surface area contributed by atoms with Crippen molar-refractivity contribution in [3.8, 4) is 0 Å². The van der Waals surface area contributed by atoms with E-state index >= 15 is 0 Å². The Bertz CT molecular complexity index is 750. The molecule has 0 bridgehead atoms. The first-order valence-electron chi connectivity index (χ1n) is 11.9. The minimum atomic E-state index is 0.0331. The number of rotatable bonds is 10. The largest absolute Gasteiger partial charge is 0.377 e. The van der Waals surface area contributed by atoms with Gasteiger partial charge in [-0.3, -0.25) is 9.59 Å². The van der Waals surface area contributed by atoms with Crippen molar-refractivity contribution in [1.29, 1.82) is 0 Å². The SMILES string of the molecule is CCC(CC)C(=O)N(Cc1cc(NC(=O)C2CCC2)ccc1N(C)C)CC1CCCO1. The first kappa shape index (κ1) is 23.6. The number of hydrogen-bond acceptors (Lipinski definition) is 4. The van der Waals surface area contributed by atoms with Gasteiger partial charge in [-0.25, -0.2) is 0 Å². The number of ether oxygens (including phenoxy) is 1. The number of carbonyl (C=O) groups is 2. The van der Waals surface area contributed by atoms with Crippen LogP contribution in [0.1, 0.15) is 64.4 Å². The molecule has 1 aromatic carbocycles. The van der Waals surface area contributed by atoms with Gasteiger partial charge in [-0.05, 0) is 62.3 Å². The summed E-state index contributed by atoms with van der Waals surface area (Å²) in [6.45, 7) is 6.09. The van der Waals surface area contributed by atoms with Crippen molar-refractivity contribution >= 4 is 23.2 Å². The zero-order valence-corrected chi connectivity index (χ0v) is 19.7. The molecular formula is C25H39N3O3. The number of anilines is 2. The standard InChI is InChI=1S/C25H39N3O3/c1-5-18(6-2)25(30)28(17-22-11-8-14-31-22)16-20-15-21(12-13-23(20)27(3)4)26-24(29)19-9-7-10-19/h12-13,15,18-19,22H,5-11,14,16-17H2,1-4H3,(H,26,29). The van der Waals surface area contributed by atoms with Gasteiger partial charge in [-0.15, -0.1) is 0 Å². The maximum Gasteiger partial charge on any atom is 0.227 e. The monoisotopic (exact) mass is 429 g/mol. The molecule has 6 heteroatoms. The molecule has 1 heterocycles. The maximum absolute atomic E-state index is 13.4. The predicted molar refractivity (Wildman–Crippen MR) is 125 cm³/mol. The second-order valence-electron chi connectivity index (χ2n) is 9.22. The average Bonchev–Trinajstić information content (AvgIpc) is 3.20. The zero-order chi connectivity index (χ0) is 22.4. The molecule has 1 saturated heterocycles. The highest BCUT2D eigenvalue weighted by Crippen LogP contribution is 2.30. The third-order valence-electron chi connectivity index (χ3n) is 6.76. The van der Waals surface area contributed by atoms with E-state index in [0.717, 1.165) is 68.5 Å². The van der Waals surface area contributed by atoms with Gasteiger partial charge in [0.25, 0.3) is 0 Å². The molecular weight excluding hydrogens is 390 g/mol. The van der Waals surface area contributed by atoms with E-state index in [9.17, 15) is 9.59 Å². The van der Waals surface area contributed by atoms with Crippen molar-refractivity contribution in [1.82, 2.24) is 4.90 Å². The lowest BCUT2D eigenvalue weighted by Crippen LogP contribution is -2.40. The second kappa shape index (κ2) is 11.0. The van der Waals surface area contributed by atoms with Crippen LogP contribution in [-0.4, -0.2) is 50.1 Å². The molecule has 2 aliphatic rings. The summed E-state index contributed by atoms with van der Waals surface area (Å²) < 4.78 is 5.86. The molecule has 1 N–H and O–H groups in total. The van der Waals surface area contributed by atoms with Gasteiger partial charge in [0.1, 0.15) is 0 Å². The van der Waals surface area contributed by atoms with Gasteiger partial charge in [0.05, 0.1) is 6.10 Å². The number of nitrogens with zero attached hydrogens (tertiary/aromatic N) is 2. The molecule has 1 unspecified atom stereocenters. The number of benzene rings is 1. The summed E-state index contributed by atoms with van der Waals surface area (Å²) in [5.74, 6) is 0.489. The van der Waals surface area contributed by atoms with Crippen LogP contribution in [0.2, 0.25) is 0 Å². The molecule has 1 aliphatic heterocycles. The lowest BCUT2D eigenvalue weighted by Gasteiger charge is -2.31. The van der Waals surface area contributed by atoms with E-state index in [-0.39, 0.29) is 29.8 Å². The van der Waals surface area contributed by atoms with Crippen LogP contribution in [0.4, 0.5) is 11.4 Å². The summed E-state index contributed by atoms with van der Waals surface area (Å²) in [6, 6.07) is 6.04. The fourth-order valence-corrected chi connectivity index (χ4v) is 4.51. The van der Waals surface area contributed by atoms with Crippen molar-refractivity contribution in [2.45, 2.75) is 71.4 Å². The molecule has 1 atom stereocenters. The third-order valence-corrected chi connectivity index (χ3v) is 6.76. The molecule has 1 aromatic rings. The molecule has 2 fully saturated rings. The zero-order valence-electron chi connectivity index (χ0n) is 19.7. The fourth-order valence-electron chi connectivity index (χ4n) is 4.51. The maximum atomic E-state index is 13.4. The summed E-state index contributed by atoms with van der Waals surface area (Å²) in [7, 11) is 4.02. The molecule has 6 nitrogen and oxygen atoms in total. The van der Waals surface area contributed by atoms with E-state index in [1.807, 2.05) is 37.2 Å². The predicted octanol–water partition coefficient (Wildman–Crippen LogP) is 4.44. The van der Waals surface area contributed by atoms with Gasteiger partial charge in [0, 0.05) is 57.0 Å². The van der Waals surface area contributed by atoms with Gasteiger partial charge >= 0.3 is 0 Å². The van der Waals surface area contributed by atoms with E-state index in [0.29, 0.717) is 13.1 Å². The average molecular weight is 430 g/mol. The molecule has 3 rings (SSSR count). The molecule has 0 spiro atoms. The molecule has 172 valence electrons. The van der Waals surface area contributed by atoms with Gasteiger partial charge in [-0.2, -0.15) is 0 Å². The molecule has 31 heavy (non-hydrogen) atoms. The van der Waals surface area contributed by atoms with Crippen LogP contribution in [0, 0.1) is 11.8 Å². The Balaban J connectivity index is 1.83.